The van der Waals surface area contributed by atoms with Gasteiger partial charge in [0.05, 0.1) is 0 Å². The summed E-state index contributed by atoms with van der Waals surface area (Å²) in [6.07, 6.45) is 2.28. The molecule has 0 aliphatic rings. The summed E-state index contributed by atoms with van der Waals surface area (Å²) in [6.45, 7) is 2.08. The zero-order valence-electron chi connectivity index (χ0n) is 11.5. The molecule has 4 nitrogen and oxygen atoms in total. The highest BCUT2D eigenvalue weighted by atomic mass is 79.9. The minimum Gasteiger partial charge on any atom is -0.339 e. The Morgan fingerprint density at radius 3 is 2.95 bits per heavy atom. The summed E-state index contributed by atoms with van der Waals surface area (Å²) >= 11 is 9.51. The molecule has 0 saturated carbocycles. The van der Waals surface area contributed by atoms with Crippen LogP contribution in [0.25, 0.3) is 0 Å². The molecule has 0 spiro atoms. The second kappa shape index (κ2) is 7.20. The first kappa shape index (κ1) is 15.5. The number of likely N-dealkylation sites (N-methyl/N-ethyl adjacent to an activating group) is 1. The molecule has 1 aromatic heterocycles. The van der Waals surface area contributed by atoms with Crippen molar-refractivity contribution in [1.29, 1.82) is 0 Å². The molecule has 0 radical (unpaired) electrons. The van der Waals surface area contributed by atoms with Crippen molar-refractivity contribution in [2.24, 2.45) is 0 Å². The van der Waals surface area contributed by atoms with Crippen molar-refractivity contribution in [1.82, 2.24) is 15.5 Å². The maximum absolute atomic E-state index is 6.00. The van der Waals surface area contributed by atoms with Gasteiger partial charge in [0.25, 0.3) is 0 Å². The van der Waals surface area contributed by atoms with Gasteiger partial charge in [-0.15, -0.1) is 0 Å². The molecule has 1 unspecified atom stereocenters. The minimum absolute atomic E-state index is 0.336. The molecule has 0 aliphatic carbocycles. The number of nitrogens with one attached hydrogen (secondary N) is 1. The lowest BCUT2D eigenvalue weighted by molar-refractivity contribution is 0.371. The van der Waals surface area contributed by atoms with E-state index in [0.29, 0.717) is 18.4 Å². The van der Waals surface area contributed by atoms with E-state index in [2.05, 4.69) is 38.3 Å². The fourth-order valence-electron chi connectivity index (χ4n) is 1.83. The molecule has 0 fully saturated rings. The molecule has 1 heterocycles. The summed E-state index contributed by atoms with van der Waals surface area (Å²) < 4.78 is 6.31. The van der Waals surface area contributed by atoms with Gasteiger partial charge in [-0.2, -0.15) is 4.98 Å². The lowest BCUT2D eigenvalue weighted by atomic mass is 10.1. The Labute approximate surface area is 132 Å². The van der Waals surface area contributed by atoms with E-state index in [0.717, 1.165) is 33.7 Å². The lowest BCUT2D eigenvalue weighted by Gasteiger charge is -2.04. The predicted molar refractivity (Wildman–Crippen MR) is 83.1 cm³/mol. The molecule has 2 rings (SSSR count). The average molecular weight is 359 g/mol. The third-order valence-electron chi connectivity index (χ3n) is 3.11. The van der Waals surface area contributed by atoms with Crippen molar-refractivity contribution in [3.05, 3.63) is 45.0 Å². The molecule has 0 amide bonds. The fourth-order valence-corrected chi connectivity index (χ4v) is 2.47. The Hall–Kier alpha value is -0.910. The van der Waals surface area contributed by atoms with Gasteiger partial charge in [0.1, 0.15) is 0 Å². The summed E-state index contributed by atoms with van der Waals surface area (Å²) in [5.41, 5.74) is 1.14. The number of hydrogen-bond donors (Lipinski definition) is 1. The van der Waals surface area contributed by atoms with Crippen LogP contribution in [0.3, 0.4) is 0 Å². The Morgan fingerprint density at radius 2 is 2.20 bits per heavy atom. The van der Waals surface area contributed by atoms with E-state index < -0.39 is 0 Å². The predicted octanol–water partition coefficient (Wildman–Crippen LogP) is 3.42. The topological polar surface area (TPSA) is 51.0 Å². The molecule has 0 saturated heterocycles. The Balaban J connectivity index is 1.95. The van der Waals surface area contributed by atoms with E-state index in [1.807, 2.05) is 25.2 Å². The van der Waals surface area contributed by atoms with Crippen molar-refractivity contribution in [2.45, 2.75) is 32.2 Å². The van der Waals surface area contributed by atoms with E-state index in [1.54, 1.807) is 0 Å². The molecular formula is C14H17BrClN3O. The van der Waals surface area contributed by atoms with Crippen molar-refractivity contribution in [3.8, 4) is 0 Å². The highest BCUT2D eigenvalue weighted by Crippen LogP contribution is 2.22. The van der Waals surface area contributed by atoms with Crippen LogP contribution in [-0.4, -0.2) is 23.2 Å². The summed E-state index contributed by atoms with van der Waals surface area (Å²) in [7, 11) is 1.92. The van der Waals surface area contributed by atoms with E-state index in [-0.39, 0.29) is 0 Å². The third kappa shape index (κ3) is 4.30. The largest absolute Gasteiger partial charge is 0.339 e. The number of hydrogen-bond acceptors (Lipinski definition) is 4. The quantitative estimate of drug-likeness (QED) is 0.859. The molecule has 1 N–H and O–H groups in total. The molecule has 2 aromatic rings. The molecule has 1 aromatic carbocycles. The zero-order valence-corrected chi connectivity index (χ0v) is 13.8. The van der Waals surface area contributed by atoms with Gasteiger partial charge in [0.2, 0.25) is 5.89 Å². The van der Waals surface area contributed by atoms with Crippen LogP contribution in [-0.2, 0) is 19.3 Å². The number of aromatic nitrogens is 2. The van der Waals surface area contributed by atoms with Crippen LogP contribution in [0.4, 0.5) is 0 Å². The van der Waals surface area contributed by atoms with Crippen molar-refractivity contribution in [3.63, 3.8) is 0 Å². The van der Waals surface area contributed by atoms with Gasteiger partial charge < -0.3 is 9.84 Å². The Kier molecular flexibility index (Phi) is 5.57. The van der Waals surface area contributed by atoms with Gasteiger partial charge in [-0.25, -0.2) is 0 Å². The summed E-state index contributed by atoms with van der Waals surface area (Å²) in [4.78, 5) is 4.40. The van der Waals surface area contributed by atoms with Crippen LogP contribution >= 0.6 is 27.5 Å². The van der Waals surface area contributed by atoms with E-state index in [4.69, 9.17) is 16.1 Å². The maximum Gasteiger partial charge on any atom is 0.226 e. The third-order valence-corrected chi connectivity index (χ3v) is 4.12. The van der Waals surface area contributed by atoms with Gasteiger partial charge in [-0.05, 0) is 44.2 Å². The zero-order chi connectivity index (χ0) is 14.5. The number of benzene rings is 1. The van der Waals surface area contributed by atoms with Crippen molar-refractivity contribution >= 4 is 27.5 Å². The van der Waals surface area contributed by atoms with Gasteiger partial charge in [-0.1, -0.05) is 32.7 Å². The van der Waals surface area contributed by atoms with E-state index in [1.165, 1.54) is 0 Å². The van der Waals surface area contributed by atoms with Crippen molar-refractivity contribution in [2.75, 3.05) is 7.05 Å². The van der Waals surface area contributed by atoms with E-state index in [9.17, 15) is 0 Å². The first-order valence-corrected chi connectivity index (χ1v) is 7.68. The summed E-state index contributed by atoms with van der Waals surface area (Å²) in [6, 6.07) is 6.10. The first-order valence-electron chi connectivity index (χ1n) is 6.51. The average Bonchev–Trinajstić information content (AvgIpc) is 2.87. The highest BCUT2D eigenvalue weighted by Gasteiger charge is 2.10. The SMILES string of the molecule is CNC(C)Cc1noc(CCc2cc(Cl)ccc2Br)n1. The fraction of sp³-hybridized carbons (Fsp3) is 0.429. The van der Waals surface area contributed by atoms with E-state index >= 15 is 0 Å². The van der Waals surface area contributed by atoms with Gasteiger partial charge >= 0.3 is 0 Å². The molecule has 20 heavy (non-hydrogen) atoms. The van der Waals surface area contributed by atoms with Crippen molar-refractivity contribution < 1.29 is 4.52 Å². The standard InChI is InChI=1S/C14H17BrClN3O/c1-9(17-2)7-13-18-14(20-19-13)6-3-10-8-11(16)4-5-12(10)15/h4-5,8-9,17H,3,6-7H2,1-2H3. The molecule has 6 heteroatoms. The number of rotatable bonds is 6. The molecular weight excluding hydrogens is 342 g/mol. The second-order valence-corrected chi connectivity index (χ2v) is 6.02. The minimum atomic E-state index is 0.336. The maximum atomic E-state index is 6.00. The monoisotopic (exact) mass is 357 g/mol. The van der Waals surface area contributed by atoms with Crippen LogP contribution in [0.1, 0.15) is 24.2 Å². The summed E-state index contributed by atoms with van der Waals surface area (Å²) in [5, 5.41) is 7.88. The van der Waals surface area contributed by atoms with Gasteiger partial charge in [-0.3, -0.25) is 0 Å². The van der Waals surface area contributed by atoms with Crippen LogP contribution in [0.15, 0.2) is 27.2 Å². The molecule has 1 atom stereocenters. The number of aryl methyl sites for hydroxylation is 2. The van der Waals surface area contributed by atoms with Gasteiger partial charge in [0.15, 0.2) is 5.82 Å². The van der Waals surface area contributed by atoms with Crippen LogP contribution in [0.5, 0.6) is 0 Å². The molecule has 108 valence electrons. The number of halogens is 2. The van der Waals surface area contributed by atoms with Crippen LogP contribution in [0, 0.1) is 0 Å². The Bertz CT molecular complexity index is 573. The number of nitrogens with zero attached hydrogens (tertiary/aromatic N) is 2. The Morgan fingerprint density at radius 1 is 1.40 bits per heavy atom. The lowest BCUT2D eigenvalue weighted by Crippen LogP contribution is -2.24. The van der Waals surface area contributed by atoms with Crippen LogP contribution < -0.4 is 5.32 Å². The van der Waals surface area contributed by atoms with Gasteiger partial charge in [0, 0.05) is 28.4 Å². The second-order valence-electron chi connectivity index (χ2n) is 4.73. The highest BCUT2D eigenvalue weighted by molar-refractivity contribution is 9.10. The molecule has 0 bridgehead atoms. The smallest absolute Gasteiger partial charge is 0.226 e. The molecule has 0 aliphatic heterocycles. The first-order chi connectivity index (χ1) is 9.58. The summed E-state index contributed by atoms with van der Waals surface area (Å²) in [5.74, 6) is 1.40. The normalized spacial score (nSPS) is 12.6. The van der Waals surface area contributed by atoms with Crippen LogP contribution in [0.2, 0.25) is 5.02 Å².